The third kappa shape index (κ3) is 6.83. The molecular formula is C55H40N6O. The lowest BCUT2D eigenvalue weighted by Crippen LogP contribution is -2.29. The van der Waals surface area contributed by atoms with Crippen molar-refractivity contribution in [2.45, 2.75) is 32.1 Å². The van der Waals surface area contributed by atoms with E-state index in [0.29, 0.717) is 34.9 Å². The van der Waals surface area contributed by atoms with E-state index in [1.165, 1.54) is 11.1 Å². The van der Waals surface area contributed by atoms with Crippen molar-refractivity contribution in [2.75, 3.05) is 0 Å². The average molecular weight is 801 g/mol. The molecule has 0 fully saturated rings. The Bertz CT molecular complexity index is 3170. The molecular weight excluding hydrogens is 761 g/mol. The number of fused-ring (bicyclic) bond motifs is 2. The normalized spacial score (nSPS) is 14.1. The number of benzene rings is 7. The Morgan fingerprint density at radius 1 is 0.419 bits per heavy atom. The van der Waals surface area contributed by atoms with Crippen LogP contribution in [0.1, 0.15) is 38.1 Å². The van der Waals surface area contributed by atoms with Gasteiger partial charge >= 0.3 is 0 Å². The van der Waals surface area contributed by atoms with Gasteiger partial charge < -0.3 is 4.74 Å². The number of allylic oxidation sites excluding steroid dienone is 3. The van der Waals surface area contributed by atoms with Crippen molar-refractivity contribution in [3.8, 4) is 73.8 Å². The molecule has 0 saturated carbocycles. The molecule has 62 heavy (non-hydrogen) atoms. The highest BCUT2D eigenvalue weighted by molar-refractivity contribution is 6.00. The minimum atomic E-state index is -0.150. The van der Waals surface area contributed by atoms with E-state index in [4.69, 9.17) is 34.6 Å². The zero-order valence-electron chi connectivity index (χ0n) is 34.3. The number of rotatable bonds is 7. The lowest BCUT2D eigenvalue weighted by molar-refractivity contribution is 0.372. The summed E-state index contributed by atoms with van der Waals surface area (Å²) in [5, 5.41) is 2.19. The molecule has 9 aromatic rings. The Balaban J connectivity index is 1.04. The van der Waals surface area contributed by atoms with Crippen LogP contribution in [-0.4, -0.2) is 29.9 Å². The molecule has 0 N–H and O–H groups in total. The summed E-state index contributed by atoms with van der Waals surface area (Å²) in [4.78, 5) is 30.5. The maximum Gasteiger partial charge on any atom is 0.164 e. The van der Waals surface area contributed by atoms with Crippen LogP contribution in [0.15, 0.2) is 193 Å². The van der Waals surface area contributed by atoms with Crippen LogP contribution < -0.4 is 4.74 Å². The number of hydrogen-bond acceptors (Lipinski definition) is 7. The van der Waals surface area contributed by atoms with E-state index in [1.807, 2.05) is 97.1 Å². The van der Waals surface area contributed by atoms with Crippen LogP contribution in [0.25, 0.3) is 84.4 Å². The van der Waals surface area contributed by atoms with Crippen molar-refractivity contribution in [1.29, 1.82) is 0 Å². The molecule has 0 spiro atoms. The molecule has 11 rings (SSSR count). The second-order valence-corrected chi connectivity index (χ2v) is 16.3. The number of ether oxygens (including phenoxy) is 1. The fourth-order valence-electron chi connectivity index (χ4n) is 8.75. The standard InChI is InChI=1S/C55H40N6O/c1-55(2)45-27-14-15-28-47(45)62-48-34-41(29-30-46(48)55)53-59-51(37-21-10-5-11-22-37)60-54(61-53)42-32-38-23-12-13-26-43(38)44(33-42)39-24-16-25-40(31-39)52-57-49(35-17-6-3-7-18-35)56-50(58-52)36-19-8-4-9-20-36/h3-28,31-34H,29-30H2,1-2H3. The van der Waals surface area contributed by atoms with Gasteiger partial charge in [-0.05, 0) is 70.7 Å². The first-order chi connectivity index (χ1) is 30.4. The van der Waals surface area contributed by atoms with E-state index in [1.54, 1.807) is 0 Å². The number of nitrogens with zero attached hydrogens (tertiary/aromatic N) is 6. The van der Waals surface area contributed by atoms with Crippen LogP contribution in [-0.2, 0) is 5.41 Å². The van der Waals surface area contributed by atoms with Gasteiger partial charge in [-0.15, -0.1) is 0 Å². The van der Waals surface area contributed by atoms with Gasteiger partial charge in [0.2, 0.25) is 0 Å². The molecule has 7 aromatic carbocycles. The molecule has 2 aromatic heterocycles. The molecule has 0 saturated heterocycles. The Hall–Kier alpha value is -7.90. The van der Waals surface area contributed by atoms with E-state index < -0.39 is 0 Å². The van der Waals surface area contributed by atoms with Crippen LogP contribution in [0.2, 0.25) is 0 Å². The van der Waals surface area contributed by atoms with Gasteiger partial charge in [-0.1, -0.05) is 166 Å². The predicted molar refractivity (Wildman–Crippen MR) is 248 cm³/mol. The molecule has 2 aliphatic rings. The van der Waals surface area contributed by atoms with E-state index >= 15 is 0 Å². The number of hydrogen-bond donors (Lipinski definition) is 0. The molecule has 3 heterocycles. The molecule has 0 atom stereocenters. The minimum absolute atomic E-state index is 0.150. The monoisotopic (exact) mass is 800 g/mol. The molecule has 0 unspecified atom stereocenters. The zero-order valence-corrected chi connectivity index (χ0v) is 34.3. The van der Waals surface area contributed by atoms with Gasteiger partial charge in [0.15, 0.2) is 34.9 Å². The highest BCUT2D eigenvalue weighted by Crippen LogP contribution is 2.48. The van der Waals surface area contributed by atoms with E-state index in [9.17, 15) is 0 Å². The maximum atomic E-state index is 6.59. The fourth-order valence-corrected chi connectivity index (χ4v) is 8.75. The molecule has 7 heteroatoms. The highest BCUT2D eigenvalue weighted by Gasteiger charge is 2.37. The summed E-state index contributed by atoms with van der Waals surface area (Å²) in [7, 11) is 0. The van der Waals surface area contributed by atoms with Crippen molar-refractivity contribution >= 4 is 16.3 Å². The minimum Gasteiger partial charge on any atom is -0.457 e. The van der Waals surface area contributed by atoms with Crippen molar-refractivity contribution in [2.24, 2.45) is 0 Å². The largest absolute Gasteiger partial charge is 0.457 e. The SMILES string of the molecule is CC1(C)C2=C(C=C(c3nc(-c4ccccc4)nc(-c4cc(-c5cccc(-c6nc(-c7ccccc7)nc(-c7ccccc7)n6)c5)c5ccccc5c4)n3)CC2)Oc2ccccc21. The van der Waals surface area contributed by atoms with Gasteiger partial charge in [0.25, 0.3) is 0 Å². The van der Waals surface area contributed by atoms with E-state index in [0.717, 1.165) is 79.6 Å². The first-order valence-electron chi connectivity index (χ1n) is 21.0. The average Bonchev–Trinajstić information content (AvgIpc) is 3.34. The summed E-state index contributed by atoms with van der Waals surface area (Å²) >= 11 is 0. The third-order valence-corrected chi connectivity index (χ3v) is 12.0. The quantitative estimate of drug-likeness (QED) is 0.159. The second-order valence-electron chi connectivity index (χ2n) is 16.3. The van der Waals surface area contributed by atoms with Gasteiger partial charge in [0, 0.05) is 44.4 Å². The summed E-state index contributed by atoms with van der Waals surface area (Å²) < 4.78 is 6.59. The van der Waals surface area contributed by atoms with Crippen molar-refractivity contribution in [3.63, 3.8) is 0 Å². The molecule has 0 bridgehead atoms. The van der Waals surface area contributed by atoms with Gasteiger partial charge in [-0.2, -0.15) is 0 Å². The Morgan fingerprint density at radius 3 is 1.56 bits per heavy atom. The Labute approximate surface area is 360 Å². The smallest absolute Gasteiger partial charge is 0.164 e. The Kier molecular flexibility index (Phi) is 9.15. The molecule has 0 radical (unpaired) electrons. The van der Waals surface area contributed by atoms with E-state index in [2.05, 4.69) is 98.8 Å². The summed E-state index contributed by atoms with van der Waals surface area (Å²) in [6, 6.07) is 59.9. The van der Waals surface area contributed by atoms with Crippen LogP contribution in [0.4, 0.5) is 0 Å². The molecule has 1 aliphatic heterocycles. The third-order valence-electron chi connectivity index (χ3n) is 12.0. The predicted octanol–water partition coefficient (Wildman–Crippen LogP) is 13.0. The number of aromatic nitrogens is 6. The first kappa shape index (κ1) is 37.1. The van der Waals surface area contributed by atoms with Gasteiger partial charge in [0.05, 0.1) is 0 Å². The van der Waals surface area contributed by atoms with Crippen molar-refractivity contribution < 1.29 is 4.74 Å². The fraction of sp³-hybridized carbons (Fsp3) is 0.0909. The van der Waals surface area contributed by atoms with Crippen LogP contribution in [0.5, 0.6) is 5.75 Å². The lowest BCUT2D eigenvalue weighted by Gasteiger charge is -2.38. The summed E-state index contributed by atoms with van der Waals surface area (Å²) in [6.07, 6.45) is 3.78. The second kappa shape index (κ2) is 15.3. The van der Waals surface area contributed by atoms with Crippen LogP contribution >= 0.6 is 0 Å². The maximum absolute atomic E-state index is 6.59. The Morgan fingerprint density at radius 2 is 0.919 bits per heavy atom. The van der Waals surface area contributed by atoms with Crippen molar-refractivity contribution in [1.82, 2.24) is 29.9 Å². The van der Waals surface area contributed by atoms with Gasteiger partial charge in [-0.3, -0.25) is 0 Å². The zero-order chi connectivity index (χ0) is 41.6. The topological polar surface area (TPSA) is 86.6 Å². The molecule has 296 valence electrons. The number of para-hydroxylation sites is 1. The van der Waals surface area contributed by atoms with Crippen LogP contribution in [0, 0.1) is 0 Å². The highest BCUT2D eigenvalue weighted by atomic mass is 16.5. The molecule has 0 amide bonds. The lowest BCUT2D eigenvalue weighted by atomic mass is 9.71. The van der Waals surface area contributed by atoms with Gasteiger partial charge in [-0.25, -0.2) is 29.9 Å². The van der Waals surface area contributed by atoms with Crippen LogP contribution in [0.3, 0.4) is 0 Å². The first-order valence-corrected chi connectivity index (χ1v) is 21.0. The summed E-state index contributed by atoms with van der Waals surface area (Å²) in [5.41, 5.74) is 10.0. The summed E-state index contributed by atoms with van der Waals surface area (Å²) in [6.45, 7) is 4.58. The van der Waals surface area contributed by atoms with E-state index in [-0.39, 0.29) is 5.41 Å². The molecule has 7 nitrogen and oxygen atoms in total. The summed E-state index contributed by atoms with van der Waals surface area (Å²) in [5.74, 6) is 5.50. The molecule has 1 aliphatic carbocycles. The van der Waals surface area contributed by atoms with Crippen molar-refractivity contribution in [3.05, 3.63) is 205 Å². The van der Waals surface area contributed by atoms with Gasteiger partial charge in [0.1, 0.15) is 11.5 Å².